The third-order valence-corrected chi connectivity index (χ3v) is 4.26. The summed E-state index contributed by atoms with van der Waals surface area (Å²) in [5.41, 5.74) is 2.75. The fourth-order valence-electron chi connectivity index (χ4n) is 2.90. The molecule has 6 heteroatoms. The van der Waals surface area contributed by atoms with Crippen LogP contribution in [-0.4, -0.2) is 26.5 Å². The van der Waals surface area contributed by atoms with Crippen molar-refractivity contribution in [2.24, 2.45) is 0 Å². The number of ether oxygens (including phenoxy) is 1. The summed E-state index contributed by atoms with van der Waals surface area (Å²) in [6.07, 6.45) is 6.19. The molecule has 0 atom stereocenters. The molecule has 0 aliphatic heterocycles. The van der Waals surface area contributed by atoms with Crippen molar-refractivity contribution < 1.29 is 4.74 Å². The third kappa shape index (κ3) is 3.91. The molecular weight excluding hydrogens is 350 g/mol. The monoisotopic (exact) mass is 371 g/mol. The number of fused-ring (bicyclic) bond motifs is 1. The van der Waals surface area contributed by atoms with Gasteiger partial charge in [-0.15, -0.1) is 0 Å². The normalized spacial score (nSPS) is 10.8. The van der Waals surface area contributed by atoms with E-state index in [4.69, 9.17) is 14.7 Å². The van der Waals surface area contributed by atoms with Crippen LogP contribution >= 0.6 is 0 Å². The Morgan fingerprint density at radius 3 is 2.71 bits per heavy atom. The highest BCUT2D eigenvalue weighted by atomic mass is 16.5. The average Bonchev–Trinajstić information content (AvgIpc) is 2.77. The smallest absolute Gasteiger partial charge is 0.218 e. The Bertz CT molecular complexity index is 1070. The number of pyridine rings is 2. The standard InChI is InChI=1S/C22H21N5O/c1-2-13-28-22-17(8-6-12-24-22)15-25-21-18-9-3-4-10-19(18)26-20(27-21)16-7-5-11-23-14-16/h3-12,14H,2,13,15H2,1H3,(H,25,26,27). The van der Waals surface area contributed by atoms with Gasteiger partial charge in [0.05, 0.1) is 12.1 Å². The molecule has 0 unspecified atom stereocenters. The topological polar surface area (TPSA) is 72.8 Å². The van der Waals surface area contributed by atoms with Gasteiger partial charge < -0.3 is 10.1 Å². The van der Waals surface area contributed by atoms with Crippen molar-refractivity contribution >= 4 is 16.7 Å². The molecular formula is C22H21N5O. The van der Waals surface area contributed by atoms with Gasteiger partial charge in [0, 0.05) is 41.6 Å². The van der Waals surface area contributed by atoms with Gasteiger partial charge in [-0.2, -0.15) is 0 Å². The van der Waals surface area contributed by atoms with Crippen LogP contribution in [0, 0.1) is 0 Å². The highest BCUT2D eigenvalue weighted by Gasteiger charge is 2.11. The second-order valence-corrected chi connectivity index (χ2v) is 6.32. The lowest BCUT2D eigenvalue weighted by Crippen LogP contribution is -2.07. The Labute approximate surface area is 163 Å². The van der Waals surface area contributed by atoms with E-state index in [1.54, 1.807) is 18.6 Å². The zero-order valence-corrected chi connectivity index (χ0v) is 15.7. The molecule has 4 rings (SSSR count). The Morgan fingerprint density at radius 1 is 0.964 bits per heavy atom. The third-order valence-electron chi connectivity index (χ3n) is 4.26. The van der Waals surface area contributed by atoms with E-state index in [9.17, 15) is 0 Å². The number of benzene rings is 1. The molecule has 0 aliphatic carbocycles. The lowest BCUT2D eigenvalue weighted by Gasteiger charge is -2.13. The van der Waals surface area contributed by atoms with Gasteiger partial charge in [-0.25, -0.2) is 15.0 Å². The molecule has 0 aliphatic rings. The van der Waals surface area contributed by atoms with Crippen LogP contribution in [0.4, 0.5) is 5.82 Å². The number of anilines is 1. The number of hydrogen-bond acceptors (Lipinski definition) is 6. The summed E-state index contributed by atoms with van der Waals surface area (Å²) in [6.45, 7) is 3.28. The van der Waals surface area contributed by atoms with Gasteiger partial charge in [-0.1, -0.05) is 25.1 Å². The van der Waals surface area contributed by atoms with Gasteiger partial charge in [-0.05, 0) is 36.8 Å². The molecule has 4 aromatic rings. The first kappa shape index (κ1) is 17.9. The molecule has 28 heavy (non-hydrogen) atoms. The van der Waals surface area contributed by atoms with Gasteiger partial charge in [0.2, 0.25) is 5.88 Å². The molecule has 0 saturated carbocycles. The van der Waals surface area contributed by atoms with Crippen LogP contribution < -0.4 is 10.1 Å². The van der Waals surface area contributed by atoms with E-state index >= 15 is 0 Å². The second-order valence-electron chi connectivity index (χ2n) is 6.32. The highest BCUT2D eigenvalue weighted by molar-refractivity contribution is 5.90. The number of nitrogens with one attached hydrogen (secondary N) is 1. The van der Waals surface area contributed by atoms with E-state index in [-0.39, 0.29) is 0 Å². The predicted octanol–water partition coefficient (Wildman–Crippen LogP) is 4.49. The van der Waals surface area contributed by atoms with Gasteiger partial charge in [0.1, 0.15) is 5.82 Å². The maximum atomic E-state index is 5.76. The number of hydrogen-bond donors (Lipinski definition) is 1. The number of rotatable bonds is 7. The summed E-state index contributed by atoms with van der Waals surface area (Å²) in [5.74, 6) is 2.07. The molecule has 3 heterocycles. The van der Waals surface area contributed by atoms with E-state index < -0.39 is 0 Å². The van der Waals surface area contributed by atoms with Crippen LogP contribution in [-0.2, 0) is 6.54 Å². The van der Waals surface area contributed by atoms with Gasteiger partial charge >= 0.3 is 0 Å². The zero-order chi connectivity index (χ0) is 19.2. The van der Waals surface area contributed by atoms with Crippen LogP contribution in [0.25, 0.3) is 22.3 Å². The summed E-state index contributed by atoms with van der Waals surface area (Å²) in [6, 6.07) is 15.7. The van der Waals surface area contributed by atoms with Crippen LogP contribution in [0.2, 0.25) is 0 Å². The van der Waals surface area contributed by atoms with Crippen molar-refractivity contribution in [3.8, 4) is 17.3 Å². The van der Waals surface area contributed by atoms with Crippen LogP contribution in [0.5, 0.6) is 5.88 Å². The number of nitrogens with zero attached hydrogens (tertiary/aromatic N) is 4. The van der Waals surface area contributed by atoms with Crippen molar-refractivity contribution in [2.75, 3.05) is 11.9 Å². The van der Waals surface area contributed by atoms with E-state index in [1.807, 2.05) is 48.5 Å². The van der Waals surface area contributed by atoms with E-state index in [0.29, 0.717) is 24.9 Å². The van der Waals surface area contributed by atoms with Crippen molar-refractivity contribution in [3.63, 3.8) is 0 Å². The van der Waals surface area contributed by atoms with Crippen molar-refractivity contribution in [3.05, 3.63) is 72.7 Å². The molecule has 0 saturated heterocycles. The summed E-state index contributed by atoms with van der Waals surface area (Å²) in [5, 5.41) is 4.41. The first-order valence-corrected chi connectivity index (χ1v) is 9.33. The maximum absolute atomic E-state index is 5.76. The van der Waals surface area contributed by atoms with E-state index in [2.05, 4.69) is 22.2 Å². The quantitative estimate of drug-likeness (QED) is 0.516. The second kappa shape index (κ2) is 8.43. The summed E-state index contributed by atoms with van der Waals surface area (Å²) in [4.78, 5) is 18.0. The number of para-hydroxylation sites is 1. The zero-order valence-electron chi connectivity index (χ0n) is 15.7. The molecule has 6 nitrogen and oxygen atoms in total. The van der Waals surface area contributed by atoms with Gasteiger partial charge in [0.25, 0.3) is 0 Å². The molecule has 1 aromatic carbocycles. The fraction of sp³-hybridized carbons (Fsp3) is 0.182. The van der Waals surface area contributed by atoms with Gasteiger partial charge in [-0.3, -0.25) is 4.98 Å². The Hall–Kier alpha value is -3.54. The first-order chi connectivity index (χ1) is 13.8. The Morgan fingerprint density at radius 2 is 1.86 bits per heavy atom. The SMILES string of the molecule is CCCOc1ncccc1CNc1nc(-c2cccnc2)nc2ccccc12. The summed E-state index contributed by atoms with van der Waals surface area (Å²) >= 11 is 0. The molecule has 0 fully saturated rings. The molecule has 1 N–H and O–H groups in total. The summed E-state index contributed by atoms with van der Waals surface area (Å²) in [7, 11) is 0. The van der Waals surface area contributed by atoms with Crippen molar-refractivity contribution in [1.82, 2.24) is 19.9 Å². The average molecular weight is 371 g/mol. The summed E-state index contributed by atoms with van der Waals surface area (Å²) < 4.78 is 5.76. The molecule has 3 aromatic heterocycles. The minimum Gasteiger partial charge on any atom is -0.477 e. The first-order valence-electron chi connectivity index (χ1n) is 9.33. The lowest BCUT2D eigenvalue weighted by atomic mass is 10.2. The molecule has 0 bridgehead atoms. The van der Waals surface area contributed by atoms with Crippen LogP contribution in [0.1, 0.15) is 18.9 Å². The maximum Gasteiger partial charge on any atom is 0.218 e. The van der Waals surface area contributed by atoms with Crippen molar-refractivity contribution in [2.45, 2.75) is 19.9 Å². The largest absolute Gasteiger partial charge is 0.477 e. The highest BCUT2D eigenvalue weighted by Crippen LogP contribution is 2.25. The minimum absolute atomic E-state index is 0.556. The number of aromatic nitrogens is 4. The van der Waals surface area contributed by atoms with Crippen LogP contribution in [0.3, 0.4) is 0 Å². The van der Waals surface area contributed by atoms with Crippen molar-refractivity contribution in [1.29, 1.82) is 0 Å². The molecule has 140 valence electrons. The minimum atomic E-state index is 0.556. The van der Waals surface area contributed by atoms with Crippen LogP contribution in [0.15, 0.2) is 67.1 Å². The fourth-order valence-corrected chi connectivity index (χ4v) is 2.90. The Balaban J connectivity index is 1.67. The molecule has 0 amide bonds. The Kier molecular flexibility index (Phi) is 5.38. The molecule has 0 spiro atoms. The predicted molar refractivity (Wildman–Crippen MR) is 110 cm³/mol. The lowest BCUT2D eigenvalue weighted by molar-refractivity contribution is 0.302. The molecule has 0 radical (unpaired) electrons. The van der Waals surface area contributed by atoms with E-state index in [1.165, 1.54) is 0 Å². The van der Waals surface area contributed by atoms with Gasteiger partial charge in [0.15, 0.2) is 5.82 Å². The van der Waals surface area contributed by atoms with E-state index in [0.717, 1.165) is 34.3 Å².